The minimum absolute atomic E-state index is 0.415. The Hall–Kier alpha value is -2.36. The third-order valence-electron chi connectivity index (χ3n) is 1.75. The Morgan fingerprint density at radius 1 is 0.857 bits per heavy atom. The van der Waals surface area contributed by atoms with Crippen LogP contribution in [0.25, 0.3) is 5.57 Å². The summed E-state index contributed by atoms with van der Waals surface area (Å²) >= 11 is 0. The van der Waals surface area contributed by atoms with E-state index in [1.807, 2.05) is 30.3 Å². The fourth-order valence-electron chi connectivity index (χ4n) is 1.09. The summed E-state index contributed by atoms with van der Waals surface area (Å²) in [6.45, 7) is 0. The van der Waals surface area contributed by atoms with Gasteiger partial charge in [-0.1, -0.05) is 48.1 Å². The van der Waals surface area contributed by atoms with Crippen LogP contribution >= 0.6 is 0 Å². The molecule has 0 heteroatoms. The van der Waals surface area contributed by atoms with Gasteiger partial charge in [-0.3, -0.25) is 0 Å². The second-order valence-electron chi connectivity index (χ2n) is 2.55. The van der Waals surface area contributed by atoms with Crippen LogP contribution in [0.1, 0.15) is 5.56 Å². The smallest absolute Gasteiger partial charge is 0.0900 e. The van der Waals surface area contributed by atoms with Crippen LogP contribution in [0, 0.1) is 37.0 Å². The van der Waals surface area contributed by atoms with Crippen molar-refractivity contribution in [1.82, 2.24) is 0 Å². The normalized spacial score (nSPS) is 7.79. The molecule has 0 bridgehead atoms. The van der Waals surface area contributed by atoms with Gasteiger partial charge in [-0.15, -0.1) is 19.3 Å². The molecule has 0 nitrogen and oxygen atoms in total. The molecule has 0 unspecified atom stereocenters. The summed E-state index contributed by atoms with van der Waals surface area (Å²) < 4.78 is 0. The van der Waals surface area contributed by atoms with E-state index in [4.69, 9.17) is 19.3 Å². The van der Waals surface area contributed by atoms with E-state index < -0.39 is 0 Å². The Morgan fingerprint density at radius 3 is 1.86 bits per heavy atom. The maximum atomic E-state index is 5.36. The summed E-state index contributed by atoms with van der Waals surface area (Å²) in [7, 11) is 0. The lowest BCUT2D eigenvalue weighted by molar-refractivity contribution is 1.62. The highest BCUT2D eigenvalue weighted by Gasteiger charge is 2.01. The van der Waals surface area contributed by atoms with Crippen LogP contribution in [0.2, 0.25) is 0 Å². The maximum absolute atomic E-state index is 5.36. The first-order valence-electron chi connectivity index (χ1n) is 4.03. The van der Waals surface area contributed by atoms with Gasteiger partial charge < -0.3 is 0 Å². The summed E-state index contributed by atoms with van der Waals surface area (Å²) in [6.07, 6.45) is 15.9. The summed E-state index contributed by atoms with van der Waals surface area (Å²) in [5.41, 5.74) is 1.88. The highest BCUT2D eigenvalue weighted by atomic mass is 14.0. The molecule has 1 aromatic rings. The van der Waals surface area contributed by atoms with Gasteiger partial charge in [0.25, 0.3) is 0 Å². The Morgan fingerprint density at radius 2 is 1.43 bits per heavy atom. The van der Waals surface area contributed by atoms with Gasteiger partial charge in [-0.05, 0) is 5.56 Å². The second kappa shape index (κ2) is 4.61. The predicted octanol–water partition coefficient (Wildman–Crippen LogP) is 2.34. The standard InChI is InChI=1S/C14H8/c1-4-12(5-2)14(6-3)13-10-8-7-9-11-13/h1-3,7-11H. The number of hydrogen-bond acceptors (Lipinski definition) is 0. The second-order valence-corrected chi connectivity index (χ2v) is 2.55. The number of rotatable bonds is 1. The molecular formula is C14H8. The molecule has 0 aliphatic carbocycles. The number of hydrogen-bond donors (Lipinski definition) is 0. The molecule has 0 saturated heterocycles. The van der Waals surface area contributed by atoms with Gasteiger partial charge in [0.2, 0.25) is 0 Å². The highest BCUT2D eigenvalue weighted by Crippen LogP contribution is 2.16. The minimum atomic E-state index is 0.415. The SMILES string of the molecule is C#CC(C#C)=C(C#C)c1ccccc1. The molecule has 14 heavy (non-hydrogen) atoms. The zero-order chi connectivity index (χ0) is 10.4. The van der Waals surface area contributed by atoms with Gasteiger partial charge in [-0.2, -0.15) is 0 Å². The Kier molecular flexibility index (Phi) is 3.20. The van der Waals surface area contributed by atoms with Gasteiger partial charge in [-0.25, -0.2) is 0 Å². The summed E-state index contributed by atoms with van der Waals surface area (Å²) in [5.74, 6) is 7.32. The lowest BCUT2D eigenvalue weighted by Gasteiger charge is -2.00. The molecule has 0 amide bonds. The van der Waals surface area contributed by atoms with Crippen molar-refractivity contribution in [2.24, 2.45) is 0 Å². The highest BCUT2D eigenvalue weighted by molar-refractivity contribution is 5.86. The van der Waals surface area contributed by atoms with E-state index >= 15 is 0 Å². The van der Waals surface area contributed by atoms with Crippen LogP contribution in [-0.2, 0) is 0 Å². The first kappa shape index (κ1) is 9.73. The molecule has 64 valence electrons. The van der Waals surface area contributed by atoms with Crippen molar-refractivity contribution in [1.29, 1.82) is 0 Å². The van der Waals surface area contributed by atoms with E-state index in [9.17, 15) is 0 Å². The molecule has 0 radical (unpaired) electrons. The molecule has 0 N–H and O–H groups in total. The predicted molar refractivity (Wildman–Crippen MR) is 59.9 cm³/mol. The topological polar surface area (TPSA) is 0 Å². The average molecular weight is 176 g/mol. The molecule has 0 aromatic heterocycles. The van der Waals surface area contributed by atoms with E-state index in [-0.39, 0.29) is 0 Å². The van der Waals surface area contributed by atoms with Crippen molar-refractivity contribution in [2.75, 3.05) is 0 Å². The molecule has 1 aromatic carbocycles. The van der Waals surface area contributed by atoms with Gasteiger partial charge in [0.1, 0.15) is 0 Å². The third-order valence-corrected chi connectivity index (χ3v) is 1.75. The quantitative estimate of drug-likeness (QED) is 0.576. The van der Waals surface area contributed by atoms with Crippen molar-refractivity contribution in [3.05, 3.63) is 41.5 Å². The molecule has 1 rings (SSSR count). The monoisotopic (exact) mass is 176 g/mol. The lowest BCUT2D eigenvalue weighted by atomic mass is 10.0. The van der Waals surface area contributed by atoms with E-state index in [1.54, 1.807) is 0 Å². The summed E-state index contributed by atoms with van der Waals surface area (Å²) in [5, 5.41) is 0. The van der Waals surface area contributed by atoms with Crippen LogP contribution in [0.15, 0.2) is 35.9 Å². The minimum Gasteiger partial charge on any atom is -0.115 e. The van der Waals surface area contributed by atoms with Crippen LogP contribution in [0.4, 0.5) is 0 Å². The third kappa shape index (κ3) is 1.87. The van der Waals surface area contributed by atoms with Crippen molar-refractivity contribution < 1.29 is 0 Å². The zero-order valence-corrected chi connectivity index (χ0v) is 7.62. The van der Waals surface area contributed by atoms with E-state index in [0.29, 0.717) is 11.1 Å². The fraction of sp³-hybridized carbons (Fsp3) is 0. The van der Waals surface area contributed by atoms with E-state index in [0.717, 1.165) is 5.56 Å². The van der Waals surface area contributed by atoms with Gasteiger partial charge in [0, 0.05) is 0 Å². The Labute approximate surface area is 84.7 Å². The summed E-state index contributed by atoms with van der Waals surface area (Å²) in [6, 6.07) is 9.44. The molecule has 0 heterocycles. The van der Waals surface area contributed by atoms with Crippen LogP contribution < -0.4 is 0 Å². The zero-order valence-electron chi connectivity index (χ0n) is 7.62. The molecule has 0 spiro atoms. The van der Waals surface area contributed by atoms with E-state index in [2.05, 4.69) is 17.8 Å². The molecule has 0 atom stereocenters. The lowest BCUT2D eigenvalue weighted by Crippen LogP contribution is -1.85. The first-order chi connectivity index (χ1) is 6.83. The van der Waals surface area contributed by atoms with Gasteiger partial charge in [0.15, 0.2) is 0 Å². The van der Waals surface area contributed by atoms with E-state index in [1.165, 1.54) is 0 Å². The van der Waals surface area contributed by atoms with Crippen molar-refractivity contribution >= 4 is 5.57 Å². The molecule has 0 aliphatic rings. The van der Waals surface area contributed by atoms with Gasteiger partial charge >= 0.3 is 0 Å². The Bertz CT molecular complexity index is 452. The largest absolute Gasteiger partial charge is 0.115 e. The summed E-state index contributed by atoms with van der Waals surface area (Å²) in [4.78, 5) is 0. The van der Waals surface area contributed by atoms with Crippen LogP contribution in [-0.4, -0.2) is 0 Å². The molecular weight excluding hydrogens is 168 g/mol. The number of terminal acetylenes is 3. The van der Waals surface area contributed by atoms with Crippen molar-refractivity contribution in [3.8, 4) is 37.0 Å². The maximum Gasteiger partial charge on any atom is 0.0900 e. The number of benzene rings is 1. The van der Waals surface area contributed by atoms with Crippen LogP contribution in [0.5, 0.6) is 0 Å². The molecule has 0 saturated carbocycles. The molecule has 0 aliphatic heterocycles. The van der Waals surface area contributed by atoms with Crippen molar-refractivity contribution in [2.45, 2.75) is 0 Å². The van der Waals surface area contributed by atoms with Crippen LogP contribution in [0.3, 0.4) is 0 Å². The molecule has 0 fully saturated rings. The first-order valence-corrected chi connectivity index (χ1v) is 4.03. The van der Waals surface area contributed by atoms with Crippen molar-refractivity contribution in [3.63, 3.8) is 0 Å². The fourth-order valence-corrected chi connectivity index (χ4v) is 1.09. The average Bonchev–Trinajstić information content (AvgIpc) is 2.27. The van der Waals surface area contributed by atoms with Gasteiger partial charge in [0.05, 0.1) is 11.1 Å². The number of allylic oxidation sites excluding steroid dienone is 2. The Balaban J connectivity index is 3.36.